The molecule has 0 saturated carbocycles. The zero-order valence-electron chi connectivity index (χ0n) is 6.34. The molecule has 0 saturated heterocycles. The summed E-state index contributed by atoms with van der Waals surface area (Å²) in [7, 11) is 0. The van der Waals surface area contributed by atoms with E-state index in [0.717, 1.165) is 0 Å². The van der Waals surface area contributed by atoms with Crippen molar-refractivity contribution in [2.24, 2.45) is 0 Å². The van der Waals surface area contributed by atoms with Gasteiger partial charge in [0, 0.05) is 11.6 Å². The lowest BCUT2D eigenvalue weighted by Crippen LogP contribution is -1.92. The molecule has 12 heavy (non-hydrogen) atoms. The van der Waals surface area contributed by atoms with E-state index in [1.54, 1.807) is 18.2 Å². The monoisotopic (exact) mass is 186 g/mol. The van der Waals surface area contributed by atoms with Crippen LogP contribution in [0.3, 0.4) is 0 Å². The van der Waals surface area contributed by atoms with Crippen LogP contribution in [-0.4, -0.2) is 6.61 Å². The Kier molecular flexibility index (Phi) is 3.61. The number of rotatable bonds is 3. The van der Waals surface area contributed by atoms with Crippen molar-refractivity contribution in [2.75, 3.05) is 6.61 Å². The van der Waals surface area contributed by atoms with E-state index in [-0.39, 0.29) is 5.82 Å². The Labute approximate surface area is 75.4 Å². The molecule has 3 heteroatoms. The first-order valence-electron chi connectivity index (χ1n) is 3.46. The zero-order valence-corrected chi connectivity index (χ0v) is 7.09. The lowest BCUT2D eigenvalue weighted by atomic mass is 10.3. The van der Waals surface area contributed by atoms with Gasteiger partial charge in [-0.1, -0.05) is 17.7 Å². The lowest BCUT2D eigenvalue weighted by Gasteiger charge is -2.01. The maximum Gasteiger partial charge on any atom is 0.126 e. The molecular formula is C9H8ClFO. The van der Waals surface area contributed by atoms with Crippen LogP contribution < -0.4 is 4.74 Å². The maximum absolute atomic E-state index is 12.6. The predicted octanol–water partition coefficient (Wildman–Crippen LogP) is 2.96. The Bertz CT molecular complexity index is 273. The normalized spacial score (nSPS) is 10.5. The minimum absolute atomic E-state index is 0.303. The summed E-state index contributed by atoms with van der Waals surface area (Å²) in [4.78, 5) is 0. The topological polar surface area (TPSA) is 9.23 Å². The predicted molar refractivity (Wildman–Crippen MR) is 46.9 cm³/mol. The molecule has 64 valence electrons. The molecule has 0 atom stereocenters. The molecule has 0 bridgehead atoms. The highest BCUT2D eigenvalue weighted by atomic mass is 35.5. The van der Waals surface area contributed by atoms with Crippen LogP contribution in [0.15, 0.2) is 35.9 Å². The summed E-state index contributed by atoms with van der Waals surface area (Å²) in [6.07, 6.45) is 1.63. The summed E-state index contributed by atoms with van der Waals surface area (Å²) in [5, 5.41) is 0. The van der Waals surface area contributed by atoms with Crippen LogP contribution in [0.5, 0.6) is 5.75 Å². The van der Waals surface area contributed by atoms with Gasteiger partial charge in [-0.2, -0.15) is 0 Å². The van der Waals surface area contributed by atoms with Crippen molar-refractivity contribution in [1.82, 2.24) is 0 Å². The van der Waals surface area contributed by atoms with E-state index < -0.39 is 0 Å². The van der Waals surface area contributed by atoms with Crippen LogP contribution in [0.2, 0.25) is 0 Å². The van der Waals surface area contributed by atoms with E-state index in [1.807, 2.05) is 0 Å². The fraction of sp³-hybridized carbons (Fsp3) is 0.111. The minimum atomic E-state index is -0.303. The fourth-order valence-corrected chi connectivity index (χ4v) is 0.810. The van der Waals surface area contributed by atoms with Gasteiger partial charge in [0.2, 0.25) is 0 Å². The average molecular weight is 187 g/mol. The van der Waals surface area contributed by atoms with E-state index in [1.165, 1.54) is 17.7 Å². The van der Waals surface area contributed by atoms with Gasteiger partial charge in [0.05, 0.1) is 0 Å². The Morgan fingerprint density at radius 1 is 1.50 bits per heavy atom. The van der Waals surface area contributed by atoms with Crippen LogP contribution in [0.1, 0.15) is 0 Å². The van der Waals surface area contributed by atoms with Gasteiger partial charge in [-0.25, -0.2) is 4.39 Å². The molecule has 0 fully saturated rings. The van der Waals surface area contributed by atoms with Crippen LogP contribution >= 0.6 is 11.6 Å². The van der Waals surface area contributed by atoms with Gasteiger partial charge < -0.3 is 4.74 Å². The highest BCUT2D eigenvalue weighted by Gasteiger charge is 1.92. The van der Waals surface area contributed by atoms with E-state index in [9.17, 15) is 4.39 Å². The number of hydrogen-bond donors (Lipinski definition) is 0. The third-order valence-electron chi connectivity index (χ3n) is 1.23. The smallest absolute Gasteiger partial charge is 0.126 e. The first-order valence-corrected chi connectivity index (χ1v) is 3.90. The highest BCUT2D eigenvalue weighted by molar-refractivity contribution is 6.25. The number of hydrogen-bond acceptors (Lipinski definition) is 1. The Hall–Kier alpha value is -1.02. The standard InChI is InChI=1S/C9H8ClFO/c10-5-2-6-12-9-4-1-3-8(11)7-9/h1-5,7H,6H2. The van der Waals surface area contributed by atoms with Crippen molar-refractivity contribution in [1.29, 1.82) is 0 Å². The molecule has 0 aliphatic heterocycles. The van der Waals surface area contributed by atoms with Crippen molar-refractivity contribution in [3.8, 4) is 5.75 Å². The van der Waals surface area contributed by atoms with Gasteiger partial charge in [0.15, 0.2) is 0 Å². The lowest BCUT2D eigenvalue weighted by molar-refractivity contribution is 0.360. The maximum atomic E-state index is 12.6. The summed E-state index contributed by atoms with van der Waals surface area (Å²) in [6, 6.07) is 5.96. The second kappa shape index (κ2) is 4.78. The van der Waals surface area contributed by atoms with Crippen LogP contribution in [0.4, 0.5) is 4.39 Å². The molecular weight excluding hydrogens is 179 g/mol. The van der Waals surface area contributed by atoms with E-state index in [4.69, 9.17) is 16.3 Å². The van der Waals surface area contributed by atoms with Gasteiger partial charge in [0.25, 0.3) is 0 Å². The second-order valence-electron chi connectivity index (χ2n) is 2.13. The van der Waals surface area contributed by atoms with E-state index in [2.05, 4.69) is 0 Å². The molecule has 0 heterocycles. The van der Waals surface area contributed by atoms with E-state index in [0.29, 0.717) is 12.4 Å². The molecule has 0 N–H and O–H groups in total. The van der Waals surface area contributed by atoms with Crippen molar-refractivity contribution in [3.05, 3.63) is 41.7 Å². The molecule has 0 unspecified atom stereocenters. The molecule has 1 aromatic rings. The Morgan fingerprint density at radius 2 is 2.33 bits per heavy atom. The number of benzene rings is 1. The average Bonchev–Trinajstić information content (AvgIpc) is 2.05. The summed E-state index contributed by atoms with van der Waals surface area (Å²) in [5.74, 6) is 0.201. The van der Waals surface area contributed by atoms with Crippen molar-refractivity contribution in [2.45, 2.75) is 0 Å². The van der Waals surface area contributed by atoms with Gasteiger partial charge >= 0.3 is 0 Å². The molecule has 0 aliphatic rings. The summed E-state index contributed by atoms with van der Waals surface area (Å²) < 4.78 is 17.7. The second-order valence-corrected chi connectivity index (χ2v) is 2.38. The number of halogens is 2. The molecule has 0 spiro atoms. The largest absolute Gasteiger partial charge is 0.489 e. The quantitative estimate of drug-likeness (QED) is 0.705. The van der Waals surface area contributed by atoms with Gasteiger partial charge in [-0.05, 0) is 18.2 Å². The summed E-state index contributed by atoms with van der Waals surface area (Å²) in [5.41, 5.74) is 1.36. The van der Waals surface area contributed by atoms with Crippen LogP contribution in [0, 0.1) is 5.82 Å². The van der Waals surface area contributed by atoms with Gasteiger partial charge in [-0.15, -0.1) is 0 Å². The molecule has 1 rings (SSSR count). The summed E-state index contributed by atoms with van der Waals surface area (Å²) in [6.45, 7) is 0.354. The van der Waals surface area contributed by atoms with Crippen molar-refractivity contribution < 1.29 is 9.13 Å². The van der Waals surface area contributed by atoms with Gasteiger partial charge in [0.1, 0.15) is 18.2 Å². The van der Waals surface area contributed by atoms with Gasteiger partial charge in [-0.3, -0.25) is 0 Å². The molecule has 1 aromatic carbocycles. The van der Waals surface area contributed by atoms with Crippen molar-refractivity contribution in [3.63, 3.8) is 0 Å². The first-order chi connectivity index (χ1) is 5.83. The molecule has 0 aliphatic carbocycles. The summed E-state index contributed by atoms with van der Waals surface area (Å²) >= 11 is 5.26. The SMILES string of the molecule is Fc1cccc(OCC=CCl)c1. The Morgan fingerprint density at radius 3 is 3.00 bits per heavy atom. The molecule has 0 aromatic heterocycles. The molecule has 0 amide bonds. The van der Waals surface area contributed by atoms with Crippen LogP contribution in [0.25, 0.3) is 0 Å². The van der Waals surface area contributed by atoms with E-state index >= 15 is 0 Å². The first kappa shape index (κ1) is 9.07. The molecule has 0 radical (unpaired) electrons. The third kappa shape index (κ3) is 2.93. The fourth-order valence-electron chi connectivity index (χ4n) is 0.737. The molecule has 1 nitrogen and oxygen atoms in total. The number of ether oxygens (including phenoxy) is 1. The Balaban J connectivity index is 2.52. The zero-order chi connectivity index (χ0) is 8.81. The minimum Gasteiger partial charge on any atom is -0.489 e. The third-order valence-corrected chi connectivity index (χ3v) is 1.41. The van der Waals surface area contributed by atoms with Crippen LogP contribution in [-0.2, 0) is 0 Å². The highest BCUT2D eigenvalue weighted by Crippen LogP contribution is 2.11. The van der Waals surface area contributed by atoms with Crippen molar-refractivity contribution >= 4 is 11.6 Å².